The molecule has 0 saturated heterocycles. The molecule has 0 spiro atoms. The topological polar surface area (TPSA) is 71.1 Å². The Morgan fingerprint density at radius 2 is 1.79 bits per heavy atom. The molecule has 5 nitrogen and oxygen atoms in total. The van der Waals surface area contributed by atoms with Crippen LogP contribution in [0.1, 0.15) is 5.56 Å². The zero-order valence-corrected chi connectivity index (χ0v) is 16.7. The van der Waals surface area contributed by atoms with E-state index in [2.05, 4.69) is 15.6 Å². The van der Waals surface area contributed by atoms with Crippen LogP contribution in [0, 0.1) is 12.7 Å². The summed E-state index contributed by atoms with van der Waals surface area (Å²) in [6.45, 7) is 1.88. The number of anilines is 1. The van der Waals surface area contributed by atoms with Crippen molar-refractivity contribution in [3.05, 3.63) is 65.3 Å². The normalized spacial score (nSPS) is 10.5. The molecule has 2 N–H and O–H groups in total. The molecule has 0 aliphatic rings. The van der Waals surface area contributed by atoms with Gasteiger partial charge in [-0.3, -0.25) is 9.59 Å². The number of thiazole rings is 1. The van der Waals surface area contributed by atoms with Crippen LogP contribution in [0.2, 0.25) is 0 Å². The van der Waals surface area contributed by atoms with Crippen LogP contribution in [-0.2, 0) is 9.59 Å². The molecule has 3 rings (SSSR count). The SMILES string of the molecule is Cc1ccc(-c2csc(SCC(=O)NCC(=O)Nc3ccc(F)cc3)n2)cc1. The number of carbonyl (C=O) groups excluding carboxylic acids is 2. The molecule has 1 aromatic heterocycles. The van der Waals surface area contributed by atoms with Gasteiger partial charge in [0.25, 0.3) is 0 Å². The fourth-order valence-electron chi connectivity index (χ4n) is 2.28. The number of hydrogen-bond acceptors (Lipinski definition) is 5. The Kier molecular flexibility index (Phi) is 6.78. The van der Waals surface area contributed by atoms with E-state index in [1.807, 2.05) is 36.6 Å². The Hall–Kier alpha value is -2.71. The lowest BCUT2D eigenvalue weighted by Gasteiger charge is -2.06. The minimum atomic E-state index is -0.379. The van der Waals surface area contributed by atoms with E-state index in [0.717, 1.165) is 15.6 Å². The third-order valence-corrected chi connectivity index (χ3v) is 5.75. The van der Waals surface area contributed by atoms with Crippen molar-refractivity contribution < 1.29 is 14.0 Å². The van der Waals surface area contributed by atoms with Gasteiger partial charge in [-0.1, -0.05) is 41.6 Å². The fourth-order valence-corrected chi connectivity index (χ4v) is 3.94. The molecule has 3 aromatic rings. The van der Waals surface area contributed by atoms with Crippen molar-refractivity contribution in [2.75, 3.05) is 17.6 Å². The second-order valence-corrected chi connectivity index (χ2v) is 8.07. The number of amides is 2. The second kappa shape index (κ2) is 9.48. The number of benzene rings is 2. The van der Waals surface area contributed by atoms with Gasteiger partial charge in [0.2, 0.25) is 11.8 Å². The van der Waals surface area contributed by atoms with Gasteiger partial charge >= 0.3 is 0 Å². The lowest BCUT2D eigenvalue weighted by Crippen LogP contribution is -2.33. The smallest absolute Gasteiger partial charge is 0.243 e. The molecule has 0 aliphatic carbocycles. The van der Waals surface area contributed by atoms with E-state index in [1.54, 1.807) is 0 Å². The van der Waals surface area contributed by atoms with Crippen molar-refractivity contribution in [1.82, 2.24) is 10.3 Å². The zero-order chi connectivity index (χ0) is 19.9. The van der Waals surface area contributed by atoms with Crippen LogP contribution in [0.5, 0.6) is 0 Å². The summed E-state index contributed by atoms with van der Waals surface area (Å²) in [6.07, 6.45) is 0. The molecular weight excluding hydrogens is 397 g/mol. The molecule has 2 amide bonds. The van der Waals surface area contributed by atoms with Crippen molar-refractivity contribution in [3.63, 3.8) is 0 Å². The average molecular weight is 416 g/mol. The number of hydrogen-bond donors (Lipinski definition) is 2. The first kappa shape index (κ1) is 20.0. The molecule has 8 heteroatoms. The highest BCUT2D eigenvalue weighted by atomic mass is 32.2. The molecule has 0 atom stereocenters. The van der Waals surface area contributed by atoms with Crippen molar-refractivity contribution >= 4 is 40.6 Å². The predicted molar refractivity (Wildman–Crippen MR) is 111 cm³/mol. The Morgan fingerprint density at radius 1 is 1.07 bits per heavy atom. The van der Waals surface area contributed by atoms with Crippen LogP contribution >= 0.6 is 23.1 Å². The van der Waals surface area contributed by atoms with Crippen molar-refractivity contribution in [2.24, 2.45) is 0 Å². The quantitative estimate of drug-likeness (QED) is 0.570. The number of nitrogens with zero attached hydrogens (tertiary/aromatic N) is 1. The molecule has 0 radical (unpaired) electrons. The minimum Gasteiger partial charge on any atom is -0.346 e. The first-order valence-electron chi connectivity index (χ1n) is 8.47. The van der Waals surface area contributed by atoms with E-state index in [0.29, 0.717) is 5.69 Å². The van der Waals surface area contributed by atoms with Gasteiger partial charge in [0.1, 0.15) is 5.82 Å². The van der Waals surface area contributed by atoms with Crippen LogP contribution in [0.15, 0.2) is 58.3 Å². The number of nitrogens with one attached hydrogen (secondary N) is 2. The van der Waals surface area contributed by atoms with Gasteiger partial charge in [-0.05, 0) is 31.2 Å². The first-order chi connectivity index (χ1) is 13.5. The van der Waals surface area contributed by atoms with E-state index in [9.17, 15) is 14.0 Å². The minimum absolute atomic E-state index is 0.150. The molecule has 0 fully saturated rings. The summed E-state index contributed by atoms with van der Waals surface area (Å²) in [5, 5.41) is 7.11. The van der Waals surface area contributed by atoms with Crippen LogP contribution in [0.3, 0.4) is 0 Å². The van der Waals surface area contributed by atoms with Crippen molar-refractivity contribution in [3.8, 4) is 11.3 Å². The largest absolute Gasteiger partial charge is 0.346 e. The molecule has 0 saturated carbocycles. The third-order valence-electron chi connectivity index (χ3n) is 3.73. The summed E-state index contributed by atoms with van der Waals surface area (Å²) in [6, 6.07) is 13.5. The van der Waals surface area contributed by atoms with Crippen LogP contribution < -0.4 is 10.6 Å². The molecule has 28 heavy (non-hydrogen) atoms. The number of aryl methyl sites for hydroxylation is 1. The van der Waals surface area contributed by atoms with Gasteiger partial charge in [0.05, 0.1) is 18.0 Å². The van der Waals surface area contributed by atoms with Crippen molar-refractivity contribution in [1.29, 1.82) is 0 Å². The summed E-state index contributed by atoms with van der Waals surface area (Å²) in [4.78, 5) is 28.3. The molecule has 0 unspecified atom stereocenters. The highest BCUT2D eigenvalue weighted by molar-refractivity contribution is 8.01. The Balaban J connectivity index is 1.42. The van der Waals surface area contributed by atoms with Gasteiger partial charge in [0.15, 0.2) is 4.34 Å². The second-order valence-electron chi connectivity index (χ2n) is 5.99. The number of thioether (sulfide) groups is 1. The molecule has 0 aliphatic heterocycles. The number of halogens is 1. The molecule has 144 valence electrons. The highest BCUT2D eigenvalue weighted by Crippen LogP contribution is 2.28. The van der Waals surface area contributed by atoms with Gasteiger partial charge in [0, 0.05) is 16.6 Å². The summed E-state index contributed by atoms with van der Waals surface area (Å²) >= 11 is 2.81. The van der Waals surface area contributed by atoms with E-state index < -0.39 is 0 Å². The summed E-state index contributed by atoms with van der Waals surface area (Å²) in [7, 11) is 0. The van der Waals surface area contributed by atoms with Gasteiger partial charge in [-0.15, -0.1) is 11.3 Å². The summed E-state index contributed by atoms with van der Waals surface area (Å²) in [5.41, 5.74) is 3.58. The third kappa shape index (κ3) is 5.90. The predicted octanol–water partition coefficient (Wildman–Crippen LogP) is 4.10. The van der Waals surface area contributed by atoms with Crippen LogP contribution in [0.4, 0.5) is 10.1 Å². The van der Waals surface area contributed by atoms with E-state index in [4.69, 9.17) is 0 Å². The van der Waals surface area contributed by atoms with Gasteiger partial charge < -0.3 is 10.6 Å². The van der Waals surface area contributed by atoms with Gasteiger partial charge in [-0.25, -0.2) is 9.37 Å². The van der Waals surface area contributed by atoms with Crippen molar-refractivity contribution in [2.45, 2.75) is 11.3 Å². The number of rotatable bonds is 7. The van der Waals surface area contributed by atoms with Crippen LogP contribution in [-0.4, -0.2) is 29.1 Å². The zero-order valence-electron chi connectivity index (χ0n) is 15.1. The summed E-state index contributed by atoms with van der Waals surface area (Å²) in [5.74, 6) is -0.840. The Labute approximate surface area is 170 Å². The molecule has 0 bridgehead atoms. The number of aromatic nitrogens is 1. The Morgan fingerprint density at radius 3 is 2.50 bits per heavy atom. The summed E-state index contributed by atoms with van der Waals surface area (Å²) < 4.78 is 13.6. The highest BCUT2D eigenvalue weighted by Gasteiger charge is 2.10. The van der Waals surface area contributed by atoms with Gasteiger partial charge in [-0.2, -0.15) is 0 Å². The van der Waals surface area contributed by atoms with E-state index in [1.165, 1.54) is 52.9 Å². The first-order valence-corrected chi connectivity index (χ1v) is 10.3. The maximum absolute atomic E-state index is 12.8. The molecular formula is C20H18FN3O2S2. The lowest BCUT2D eigenvalue weighted by atomic mass is 10.1. The van der Waals surface area contributed by atoms with Crippen LogP contribution in [0.25, 0.3) is 11.3 Å². The molecule has 1 heterocycles. The molecule has 2 aromatic carbocycles. The average Bonchev–Trinajstić information content (AvgIpc) is 3.16. The number of carbonyl (C=O) groups is 2. The Bertz CT molecular complexity index is 956. The standard InChI is InChI=1S/C20H18FN3O2S2/c1-13-2-4-14(5-3-13)17-11-27-20(24-17)28-12-19(26)22-10-18(25)23-16-8-6-15(21)7-9-16/h2-9,11H,10,12H2,1H3,(H,22,26)(H,23,25). The van der Waals surface area contributed by atoms with E-state index >= 15 is 0 Å². The maximum atomic E-state index is 12.8. The fraction of sp³-hybridized carbons (Fsp3) is 0.150. The monoisotopic (exact) mass is 415 g/mol. The maximum Gasteiger partial charge on any atom is 0.243 e. The van der Waals surface area contributed by atoms with E-state index in [-0.39, 0.29) is 29.9 Å². The lowest BCUT2D eigenvalue weighted by molar-refractivity contribution is -0.122.